The second-order valence-corrected chi connectivity index (χ2v) is 9.40. The van der Waals surface area contributed by atoms with E-state index >= 15 is 0 Å². The van der Waals surface area contributed by atoms with Crippen molar-refractivity contribution in [3.05, 3.63) is 88.4 Å². The van der Waals surface area contributed by atoms with E-state index in [1.54, 1.807) is 42.5 Å². The molecule has 0 saturated carbocycles. The Balaban J connectivity index is 1.98. The van der Waals surface area contributed by atoms with Crippen LogP contribution < -0.4 is 9.62 Å². The van der Waals surface area contributed by atoms with Crippen molar-refractivity contribution in [2.75, 3.05) is 16.2 Å². The van der Waals surface area contributed by atoms with Crippen LogP contribution >= 0.6 is 11.6 Å². The van der Waals surface area contributed by atoms with Crippen LogP contribution in [0.4, 0.5) is 11.4 Å². The van der Waals surface area contributed by atoms with Crippen molar-refractivity contribution in [3.8, 4) is 0 Å². The molecule has 156 valence electrons. The van der Waals surface area contributed by atoms with Crippen molar-refractivity contribution in [1.29, 1.82) is 0 Å². The highest BCUT2D eigenvalue weighted by atomic mass is 35.5. The molecule has 5 nitrogen and oxygen atoms in total. The van der Waals surface area contributed by atoms with Crippen LogP contribution in [0.15, 0.2) is 71.6 Å². The lowest BCUT2D eigenvalue weighted by atomic mass is 10.1. The zero-order valence-corrected chi connectivity index (χ0v) is 18.6. The molecule has 0 saturated heterocycles. The summed E-state index contributed by atoms with van der Waals surface area (Å²) in [5, 5.41) is 3.26. The minimum atomic E-state index is -3.95. The maximum Gasteiger partial charge on any atom is 0.264 e. The fourth-order valence-corrected chi connectivity index (χ4v) is 4.69. The van der Waals surface area contributed by atoms with Gasteiger partial charge in [-0.1, -0.05) is 48.0 Å². The molecule has 0 unspecified atom stereocenters. The van der Waals surface area contributed by atoms with Gasteiger partial charge in [0.2, 0.25) is 5.91 Å². The molecule has 0 spiro atoms. The monoisotopic (exact) mass is 442 g/mol. The lowest BCUT2D eigenvalue weighted by Crippen LogP contribution is -2.38. The van der Waals surface area contributed by atoms with E-state index in [1.165, 1.54) is 12.1 Å². The molecule has 3 aromatic rings. The molecule has 0 aliphatic carbocycles. The van der Waals surface area contributed by atoms with Crippen LogP contribution in [0.1, 0.15) is 16.7 Å². The summed E-state index contributed by atoms with van der Waals surface area (Å²) in [4.78, 5) is 12.9. The van der Waals surface area contributed by atoms with E-state index in [1.807, 2.05) is 32.9 Å². The number of rotatable bonds is 6. The van der Waals surface area contributed by atoms with E-state index in [4.69, 9.17) is 11.6 Å². The number of hydrogen-bond donors (Lipinski definition) is 1. The van der Waals surface area contributed by atoms with E-state index in [0.717, 1.165) is 21.0 Å². The van der Waals surface area contributed by atoms with Crippen LogP contribution in [0.3, 0.4) is 0 Å². The van der Waals surface area contributed by atoms with Gasteiger partial charge in [-0.15, -0.1) is 0 Å². The number of aryl methyl sites for hydroxylation is 3. The predicted octanol–water partition coefficient (Wildman–Crippen LogP) is 5.10. The molecule has 1 N–H and O–H groups in total. The molecule has 0 fully saturated rings. The summed E-state index contributed by atoms with van der Waals surface area (Å²) in [5.74, 6) is -0.463. The molecule has 3 aromatic carbocycles. The maximum atomic E-state index is 13.4. The Bertz CT molecular complexity index is 1180. The average molecular weight is 443 g/mol. The Hall–Kier alpha value is -2.83. The molecule has 0 radical (unpaired) electrons. The SMILES string of the molecule is Cc1ccc(C)c(N(CC(=O)Nc2ccc(C)c(Cl)c2)S(=O)(=O)c2ccccc2)c1. The first-order valence-electron chi connectivity index (χ1n) is 9.39. The summed E-state index contributed by atoms with van der Waals surface area (Å²) in [7, 11) is -3.95. The van der Waals surface area contributed by atoms with Crippen LogP contribution in [0.25, 0.3) is 0 Å². The molecule has 1 amide bonds. The first-order chi connectivity index (χ1) is 14.2. The van der Waals surface area contributed by atoms with Gasteiger partial charge in [0.25, 0.3) is 10.0 Å². The summed E-state index contributed by atoms with van der Waals surface area (Å²) < 4.78 is 28.0. The highest BCUT2D eigenvalue weighted by molar-refractivity contribution is 7.92. The highest BCUT2D eigenvalue weighted by Gasteiger charge is 2.28. The zero-order chi connectivity index (χ0) is 21.9. The molecule has 0 aliphatic heterocycles. The molecule has 0 atom stereocenters. The van der Waals surface area contributed by atoms with Gasteiger partial charge >= 0.3 is 0 Å². The minimum Gasteiger partial charge on any atom is -0.324 e. The predicted molar refractivity (Wildman–Crippen MR) is 122 cm³/mol. The topological polar surface area (TPSA) is 66.5 Å². The van der Waals surface area contributed by atoms with Crippen molar-refractivity contribution >= 4 is 38.9 Å². The van der Waals surface area contributed by atoms with Gasteiger partial charge in [0.05, 0.1) is 10.6 Å². The second kappa shape index (κ2) is 8.90. The fourth-order valence-electron chi connectivity index (χ4n) is 3.01. The Kier molecular flexibility index (Phi) is 6.48. The summed E-state index contributed by atoms with van der Waals surface area (Å²) in [6.07, 6.45) is 0. The quantitative estimate of drug-likeness (QED) is 0.577. The summed E-state index contributed by atoms with van der Waals surface area (Å²) in [5.41, 5.74) is 3.52. The Morgan fingerprint density at radius 2 is 1.60 bits per heavy atom. The van der Waals surface area contributed by atoms with Gasteiger partial charge in [0.1, 0.15) is 6.54 Å². The Morgan fingerprint density at radius 1 is 0.933 bits per heavy atom. The number of carbonyl (C=O) groups excluding carboxylic acids is 1. The van der Waals surface area contributed by atoms with E-state index in [-0.39, 0.29) is 11.4 Å². The minimum absolute atomic E-state index is 0.122. The third-order valence-corrected chi connectivity index (χ3v) is 6.89. The average Bonchev–Trinajstić information content (AvgIpc) is 2.71. The van der Waals surface area contributed by atoms with Crippen LogP contribution in [-0.2, 0) is 14.8 Å². The standard InChI is InChI=1S/C23H23ClN2O3S/c1-16-9-10-18(3)22(13-16)26(30(28,29)20-7-5-4-6-8-20)15-23(27)25-19-12-11-17(2)21(24)14-19/h4-14H,15H2,1-3H3,(H,25,27). The van der Waals surface area contributed by atoms with E-state index in [0.29, 0.717) is 16.4 Å². The fraction of sp³-hybridized carbons (Fsp3) is 0.174. The molecule has 3 rings (SSSR count). The number of anilines is 2. The van der Waals surface area contributed by atoms with Gasteiger partial charge in [-0.3, -0.25) is 9.10 Å². The maximum absolute atomic E-state index is 13.4. The lowest BCUT2D eigenvalue weighted by Gasteiger charge is -2.26. The number of halogens is 1. The molecule has 0 aliphatic rings. The summed E-state index contributed by atoms with van der Waals surface area (Å²) in [6.45, 7) is 5.19. The van der Waals surface area contributed by atoms with Gasteiger partial charge in [-0.05, 0) is 67.8 Å². The highest BCUT2D eigenvalue weighted by Crippen LogP contribution is 2.28. The zero-order valence-electron chi connectivity index (χ0n) is 17.0. The largest absolute Gasteiger partial charge is 0.324 e. The van der Waals surface area contributed by atoms with Crippen LogP contribution in [0.5, 0.6) is 0 Å². The van der Waals surface area contributed by atoms with Gasteiger partial charge in [0, 0.05) is 10.7 Å². The van der Waals surface area contributed by atoms with Gasteiger partial charge in [-0.2, -0.15) is 0 Å². The molecule has 0 aromatic heterocycles. The molecular weight excluding hydrogens is 420 g/mol. The van der Waals surface area contributed by atoms with Crippen molar-refractivity contribution in [2.45, 2.75) is 25.7 Å². The first-order valence-corrected chi connectivity index (χ1v) is 11.2. The van der Waals surface area contributed by atoms with Crippen LogP contribution in [0.2, 0.25) is 5.02 Å². The third kappa shape index (κ3) is 4.83. The number of amides is 1. The molecular formula is C23H23ClN2O3S. The number of hydrogen-bond acceptors (Lipinski definition) is 3. The van der Waals surface area contributed by atoms with Crippen molar-refractivity contribution in [3.63, 3.8) is 0 Å². The summed E-state index contributed by atoms with van der Waals surface area (Å²) >= 11 is 6.13. The van der Waals surface area contributed by atoms with Gasteiger partial charge in [-0.25, -0.2) is 8.42 Å². The third-order valence-electron chi connectivity index (χ3n) is 4.71. The number of carbonyl (C=O) groups is 1. The second-order valence-electron chi connectivity index (χ2n) is 7.13. The van der Waals surface area contributed by atoms with Crippen molar-refractivity contribution < 1.29 is 13.2 Å². The normalized spacial score (nSPS) is 11.2. The molecule has 0 bridgehead atoms. The van der Waals surface area contributed by atoms with Crippen LogP contribution in [-0.4, -0.2) is 20.9 Å². The summed E-state index contributed by atoms with van der Waals surface area (Å²) in [6, 6.07) is 18.8. The number of nitrogens with zero attached hydrogens (tertiary/aromatic N) is 1. The molecule has 30 heavy (non-hydrogen) atoms. The van der Waals surface area contributed by atoms with E-state index in [9.17, 15) is 13.2 Å². The van der Waals surface area contributed by atoms with Gasteiger partial charge < -0.3 is 5.32 Å². The number of benzene rings is 3. The molecule has 7 heteroatoms. The number of sulfonamides is 1. The van der Waals surface area contributed by atoms with Gasteiger partial charge in [0.15, 0.2) is 0 Å². The van der Waals surface area contributed by atoms with Crippen LogP contribution in [0, 0.1) is 20.8 Å². The molecule has 0 heterocycles. The van der Waals surface area contributed by atoms with Crippen molar-refractivity contribution in [1.82, 2.24) is 0 Å². The van der Waals surface area contributed by atoms with E-state index < -0.39 is 15.9 Å². The number of nitrogens with one attached hydrogen (secondary N) is 1. The van der Waals surface area contributed by atoms with Crippen molar-refractivity contribution in [2.24, 2.45) is 0 Å². The van der Waals surface area contributed by atoms with E-state index in [2.05, 4.69) is 5.32 Å². The first kappa shape index (κ1) is 21.9. The Morgan fingerprint density at radius 3 is 2.27 bits per heavy atom. The Labute approximate surface area is 182 Å². The smallest absolute Gasteiger partial charge is 0.264 e. The lowest BCUT2D eigenvalue weighted by molar-refractivity contribution is -0.114.